The van der Waals surface area contributed by atoms with E-state index in [0.29, 0.717) is 16.0 Å². The van der Waals surface area contributed by atoms with Crippen LogP contribution in [0.2, 0.25) is 0 Å². The van der Waals surface area contributed by atoms with E-state index in [1.54, 1.807) is 6.07 Å². The minimum absolute atomic E-state index is 0.268. The van der Waals surface area contributed by atoms with E-state index in [1.807, 2.05) is 6.92 Å². The van der Waals surface area contributed by atoms with Crippen molar-refractivity contribution >= 4 is 27.0 Å². The molecule has 0 aliphatic carbocycles. The van der Waals surface area contributed by atoms with Crippen molar-refractivity contribution in [3.05, 3.63) is 28.2 Å². The average Bonchev–Trinajstić information content (AvgIpc) is 2.41. The molecule has 0 fully saturated rings. The number of aromatic nitrogens is 2. The largest absolute Gasteiger partial charge is 0.326 e. The van der Waals surface area contributed by atoms with E-state index >= 15 is 0 Å². The first-order chi connectivity index (χ1) is 7.00. The Morgan fingerprint density at radius 3 is 2.67 bits per heavy atom. The summed E-state index contributed by atoms with van der Waals surface area (Å²) in [6, 6.07) is 3.57. The van der Waals surface area contributed by atoms with E-state index in [9.17, 15) is 4.39 Å². The van der Waals surface area contributed by atoms with Crippen LogP contribution < -0.4 is 0 Å². The fourth-order valence-corrected chi connectivity index (χ4v) is 2.19. The standard InChI is InChI=1S/C11H12BrFN2/c1-6(2)15-7(3)14-10-5-9(13)8(12)4-11(10)15/h4-6H,1-3H3. The second kappa shape index (κ2) is 3.59. The Bertz CT molecular complexity index is 517. The first-order valence-electron chi connectivity index (χ1n) is 4.84. The summed E-state index contributed by atoms with van der Waals surface area (Å²) in [5.74, 6) is 0.647. The maximum atomic E-state index is 13.3. The van der Waals surface area contributed by atoms with Crippen LogP contribution in [0.15, 0.2) is 16.6 Å². The fourth-order valence-electron chi connectivity index (χ4n) is 1.86. The molecule has 0 saturated heterocycles. The van der Waals surface area contributed by atoms with Crippen molar-refractivity contribution in [3.63, 3.8) is 0 Å². The SMILES string of the molecule is Cc1nc2cc(F)c(Br)cc2n1C(C)C. The van der Waals surface area contributed by atoms with Crippen molar-refractivity contribution in [2.24, 2.45) is 0 Å². The highest BCUT2D eigenvalue weighted by atomic mass is 79.9. The molecule has 80 valence electrons. The number of nitrogens with zero attached hydrogens (tertiary/aromatic N) is 2. The second-order valence-electron chi connectivity index (χ2n) is 3.88. The van der Waals surface area contributed by atoms with Gasteiger partial charge in [-0.2, -0.15) is 0 Å². The third kappa shape index (κ3) is 1.67. The predicted octanol–water partition coefficient (Wildman–Crippen LogP) is 3.83. The van der Waals surface area contributed by atoms with Crippen molar-refractivity contribution in [1.29, 1.82) is 0 Å². The Kier molecular flexibility index (Phi) is 2.54. The van der Waals surface area contributed by atoms with Gasteiger partial charge in [-0.1, -0.05) is 0 Å². The lowest BCUT2D eigenvalue weighted by Crippen LogP contribution is -2.02. The van der Waals surface area contributed by atoms with E-state index in [0.717, 1.165) is 11.3 Å². The number of fused-ring (bicyclic) bond motifs is 1. The first kappa shape index (κ1) is 10.6. The van der Waals surface area contributed by atoms with Crippen molar-refractivity contribution < 1.29 is 4.39 Å². The minimum atomic E-state index is -0.268. The highest BCUT2D eigenvalue weighted by molar-refractivity contribution is 9.10. The Morgan fingerprint density at radius 1 is 1.40 bits per heavy atom. The fraction of sp³-hybridized carbons (Fsp3) is 0.364. The summed E-state index contributed by atoms with van der Waals surface area (Å²) >= 11 is 3.19. The van der Waals surface area contributed by atoms with Crippen LogP contribution in [-0.2, 0) is 0 Å². The molecule has 0 atom stereocenters. The maximum Gasteiger partial charge on any atom is 0.139 e. The van der Waals surface area contributed by atoms with E-state index in [1.165, 1.54) is 6.07 Å². The van der Waals surface area contributed by atoms with E-state index in [-0.39, 0.29) is 5.82 Å². The zero-order chi connectivity index (χ0) is 11.2. The molecule has 1 heterocycles. The number of benzene rings is 1. The summed E-state index contributed by atoms with van der Waals surface area (Å²) in [7, 11) is 0. The molecule has 1 aromatic heterocycles. The van der Waals surface area contributed by atoms with E-state index in [4.69, 9.17) is 0 Å². The van der Waals surface area contributed by atoms with Crippen molar-refractivity contribution in [2.45, 2.75) is 26.8 Å². The molecule has 4 heteroatoms. The predicted molar refractivity (Wildman–Crippen MR) is 62.5 cm³/mol. The highest BCUT2D eigenvalue weighted by Crippen LogP contribution is 2.26. The molecule has 2 aromatic rings. The molecule has 0 aliphatic heterocycles. The third-order valence-corrected chi connectivity index (χ3v) is 3.03. The number of imidazole rings is 1. The molecule has 0 saturated carbocycles. The smallest absolute Gasteiger partial charge is 0.139 e. The zero-order valence-electron chi connectivity index (χ0n) is 8.88. The lowest BCUT2D eigenvalue weighted by Gasteiger charge is -2.10. The molecular weight excluding hydrogens is 259 g/mol. The molecule has 2 rings (SSSR count). The maximum absolute atomic E-state index is 13.3. The number of hydrogen-bond donors (Lipinski definition) is 0. The molecule has 0 bridgehead atoms. The van der Waals surface area contributed by atoms with Gasteiger partial charge in [0, 0.05) is 12.1 Å². The summed E-state index contributed by atoms with van der Waals surface area (Å²) in [6.07, 6.45) is 0. The third-order valence-electron chi connectivity index (χ3n) is 2.42. The van der Waals surface area contributed by atoms with E-state index < -0.39 is 0 Å². The number of rotatable bonds is 1. The molecule has 0 radical (unpaired) electrons. The van der Waals surface area contributed by atoms with Crippen LogP contribution in [-0.4, -0.2) is 9.55 Å². The van der Waals surface area contributed by atoms with Gasteiger partial charge < -0.3 is 4.57 Å². The van der Waals surface area contributed by atoms with Crippen LogP contribution >= 0.6 is 15.9 Å². The number of halogens is 2. The number of aryl methyl sites for hydroxylation is 1. The van der Waals surface area contributed by atoms with Crippen LogP contribution in [0.1, 0.15) is 25.7 Å². The summed E-state index contributed by atoms with van der Waals surface area (Å²) in [5, 5.41) is 0. The number of hydrogen-bond acceptors (Lipinski definition) is 1. The normalized spacial score (nSPS) is 11.6. The lowest BCUT2D eigenvalue weighted by atomic mass is 10.3. The van der Waals surface area contributed by atoms with Gasteiger partial charge >= 0.3 is 0 Å². The lowest BCUT2D eigenvalue weighted by molar-refractivity contribution is 0.598. The van der Waals surface area contributed by atoms with Gasteiger partial charge in [-0.3, -0.25) is 0 Å². The zero-order valence-corrected chi connectivity index (χ0v) is 10.5. The summed E-state index contributed by atoms with van der Waals surface area (Å²) in [5.41, 5.74) is 1.68. The topological polar surface area (TPSA) is 17.8 Å². The molecule has 0 aliphatic rings. The molecule has 15 heavy (non-hydrogen) atoms. The van der Waals surface area contributed by atoms with Gasteiger partial charge in [0.25, 0.3) is 0 Å². The Hall–Kier alpha value is -0.900. The molecular formula is C11H12BrFN2. The van der Waals surface area contributed by atoms with Crippen LogP contribution in [0.3, 0.4) is 0 Å². The minimum Gasteiger partial charge on any atom is -0.326 e. The van der Waals surface area contributed by atoms with Crippen LogP contribution in [0.5, 0.6) is 0 Å². The van der Waals surface area contributed by atoms with Gasteiger partial charge in [-0.15, -0.1) is 0 Å². The quantitative estimate of drug-likeness (QED) is 0.770. The molecule has 0 spiro atoms. The van der Waals surface area contributed by atoms with Crippen LogP contribution in [0.4, 0.5) is 4.39 Å². The van der Waals surface area contributed by atoms with Crippen molar-refractivity contribution in [3.8, 4) is 0 Å². The van der Waals surface area contributed by atoms with Crippen molar-refractivity contribution in [2.75, 3.05) is 0 Å². The van der Waals surface area contributed by atoms with Gasteiger partial charge in [0.2, 0.25) is 0 Å². The highest BCUT2D eigenvalue weighted by Gasteiger charge is 2.12. The molecule has 0 amide bonds. The van der Waals surface area contributed by atoms with E-state index in [2.05, 4.69) is 39.3 Å². The Labute approximate surface area is 96.2 Å². The van der Waals surface area contributed by atoms with Crippen molar-refractivity contribution in [1.82, 2.24) is 9.55 Å². The average molecular weight is 271 g/mol. The van der Waals surface area contributed by atoms with Gasteiger partial charge in [0.05, 0.1) is 15.5 Å². The monoisotopic (exact) mass is 270 g/mol. The molecule has 0 N–H and O–H groups in total. The molecule has 0 unspecified atom stereocenters. The van der Waals surface area contributed by atoms with Gasteiger partial charge in [0.15, 0.2) is 0 Å². The van der Waals surface area contributed by atoms with Gasteiger partial charge in [-0.25, -0.2) is 9.37 Å². The van der Waals surface area contributed by atoms with Crippen LogP contribution in [0, 0.1) is 12.7 Å². The summed E-state index contributed by atoms with van der Waals surface area (Å²) in [4.78, 5) is 4.34. The molecule has 2 nitrogen and oxygen atoms in total. The Balaban J connectivity index is 2.81. The van der Waals surface area contributed by atoms with Gasteiger partial charge in [0.1, 0.15) is 11.6 Å². The summed E-state index contributed by atoms with van der Waals surface area (Å²) < 4.78 is 15.9. The molecule has 1 aromatic carbocycles. The second-order valence-corrected chi connectivity index (χ2v) is 4.73. The summed E-state index contributed by atoms with van der Waals surface area (Å²) in [6.45, 7) is 6.11. The first-order valence-corrected chi connectivity index (χ1v) is 5.63. The van der Waals surface area contributed by atoms with Gasteiger partial charge in [-0.05, 0) is 42.8 Å². The van der Waals surface area contributed by atoms with Crippen LogP contribution in [0.25, 0.3) is 11.0 Å². The Morgan fingerprint density at radius 2 is 2.07 bits per heavy atom.